The lowest BCUT2D eigenvalue weighted by Gasteiger charge is -2.40. The predicted octanol–water partition coefficient (Wildman–Crippen LogP) is 4.45. The molecule has 0 amide bonds. The number of hydrogen-bond acceptors (Lipinski definition) is 3. The first-order chi connectivity index (χ1) is 10.6. The second kappa shape index (κ2) is 8.43. The van der Waals surface area contributed by atoms with Crippen molar-refractivity contribution in [1.29, 1.82) is 0 Å². The van der Waals surface area contributed by atoms with Crippen molar-refractivity contribution in [3.63, 3.8) is 0 Å². The molecule has 0 saturated heterocycles. The summed E-state index contributed by atoms with van der Waals surface area (Å²) in [7, 11) is -1.82. The minimum atomic E-state index is -1.82. The first kappa shape index (κ1) is 20.4. The van der Waals surface area contributed by atoms with E-state index in [1.807, 2.05) is 30.3 Å². The average molecular weight is 338 g/mol. The van der Waals surface area contributed by atoms with Gasteiger partial charge in [-0.05, 0) is 36.8 Å². The molecule has 0 aliphatic carbocycles. The molecule has 3 nitrogen and oxygen atoms in total. The van der Waals surface area contributed by atoms with Gasteiger partial charge < -0.3 is 9.53 Å². The first-order valence-corrected chi connectivity index (χ1v) is 11.7. The normalized spacial score (nSPS) is 15.7. The third-order valence-corrected chi connectivity index (χ3v) is 9.71. The van der Waals surface area contributed by atoms with Crippen LogP contribution in [-0.2, 0) is 4.43 Å². The van der Waals surface area contributed by atoms with Crippen LogP contribution >= 0.6 is 0 Å². The predicted molar refractivity (Wildman–Crippen MR) is 101 cm³/mol. The van der Waals surface area contributed by atoms with E-state index in [0.29, 0.717) is 6.61 Å². The topological polar surface area (TPSA) is 32.7 Å². The Bertz CT molecular complexity index is 452. The van der Waals surface area contributed by atoms with Gasteiger partial charge in [0.25, 0.3) is 0 Å². The van der Waals surface area contributed by atoms with E-state index in [1.54, 1.807) is 0 Å². The van der Waals surface area contributed by atoms with E-state index in [0.717, 1.165) is 18.7 Å². The number of hydrogen-bond donors (Lipinski definition) is 1. The molecule has 1 N–H and O–H groups in total. The zero-order valence-electron chi connectivity index (χ0n) is 16.0. The summed E-state index contributed by atoms with van der Waals surface area (Å²) >= 11 is 0. The van der Waals surface area contributed by atoms with Crippen molar-refractivity contribution in [3.05, 3.63) is 35.9 Å². The molecular formula is C19H35NO2Si. The largest absolute Gasteiger partial charge is 0.415 e. The highest BCUT2D eigenvalue weighted by Crippen LogP contribution is 2.37. The monoisotopic (exact) mass is 337 g/mol. The Morgan fingerprint density at radius 2 is 1.61 bits per heavy atom. The molecule has 0 heterocycles. The molecule has 132 valence electrons. The quantitative estimate of drug-likeness (QED) is 0.711. The van der Waals surface area contributed by atoms with Crippen LogP contribution in [0.1, 0.15) is 46.3 Å². The highest BCUT2D eigenvalue weighted by molar-refractivity contribution is 6.74. The zero-order valence-corrected chi connectivity index (χ0v) is 17.0. The second-order valence-corrected chi connectivity index (χ2v) is 12.5. The molecule has 1 aromatic carbocycles. The van der Waals surface area contributed by atoms with Gasteiger partial charge in [-0.2, -0.15) is 0 Å². The summed E-state index contributed by atoms with van der Waals surface area (Å²) in [6.07, 6.45) is -0.527. The number of aliphatic hydroxyl groups excluding tert-OH is 1. The molecule has 0 radical (unpaired) electrons. The molecule has 23 heavy (non-hydrogen) atoms. The van der Waals surface area contributed by atoms with Crippen molar-refractivity contribution in [2.45, 2.75) is 64.9 Å². The van der Waals surface area contributed by atoms with Crippen molar-refractivity contribution in [2.75, 3.05) is 19.7 Å². The lowest BCUT2D eigenvalue weighted by molar-refractivity contribution is 0.0224. The molecular weight excluding hydrogens is 302 g/mol. The Kier molecular flexibility index (Phi) is 7.46. The summed E-state index contributed by atoms with van der Waals surface area (Å²) in [6.45, 7) is 18.0. The summed E-state index contributed by atoms with van der Waals surface area (Å²) in [6, 6.07) is 9.91. The van der Waals surface area contributed by atoms with Crippen LogP contribution in [0.3, 0.4) is 0 Å². The number of rotatable bonds is 8. The Balaban J connectivity index is 2.94. The van der Waals surface area contributed by atoms with Gasteiger partial charge in [0.05, 0.1) is 18.8 Å². The Morgan fingerprint density at radius 3 is 2.04 bits per heavy atom. The maximum Gasteiger partial charge on any atom is 0.192 e. The van der Waals surface area contributed by atoms with E-state index in [2.05, 4.69) is 52.6 Å². The smallest absolute Gasteiger partial charge is 0.192 e. The fourth-order valence-electron chi connectivity index (χ4n) is 2.47. The van der Waals surface area contributed by atoms with E-state index in [9.17, 15) is 5.11 Å². The molecule has 2 atom stereocenters. The van der Waals surface area contributed by atoms with Crippen LogP contribution in [0.5, 0.6) is 0 Å². The standard InChI is InChI=1S/C19H35NO2Si/c1-8-20(9-2)17(15-22-23(6,7)19(3,4)5)18(21)16-13-11-10-12-14-16/h10-14,17-18,21H,8-9,15H2,1-7H3/t17-,18-/m0/s1. The molecule has 0 fully saturated rings. The van der Waals surface area contributed by atoms with E-state index < -0.39 is 14.4 Å². The van der Waals surface area contributed by atoms with Crippen LogP contribution in [0.15, 0.2) is 30.3 Å². The third kappa shape index (κ3) is 5.42. The molecule has 0 unspecified atom stereocenters. The molecule has 0 saturated carbocycles. The summed E-state index contributed by atoms with van der Waals surface area (Å²) < 4.78 is 6.42. The fourth-order valence-corrected chi connectivity index (χ4v) is 3.49. The molecule has 0 aliphatic heterocycles. The molecule has 0 bridgehead atoms. The SMILES string of the molecule is CCN(CC)[C@@H](CO[Si](C)(C)C(C)(C)C)[C@@H](O)c1ccccc1. The Labute approximate surface area is 143 Å². The van der Waals surface area contributed by atoms with Gasteiger partial charge in [-0.3, -0.25) is 4.90 Å². The lowest BCUT2D eigenvalue weighted by Crippen LogP contribution is -2.48. The van der Waals surface area contributed by atoms with E-state index in [4.69, 9.17) is 4.43 Å². The first-order valence-electron chi connectivity index (χ1n) is 8.75. The molecule has 0 aliphatic rings. The summed E-state index contributed by atoms with van der Waals surface area (Å²) in [5, 5.41) is 11.1. The molecule has 4 heteroatoms. The lowest BCUT2D eigenvalue weighted by atomic mass is 10.0. The summed E-state index contributed by atoms with van der Waals surface area (Å²) in [5.41, 5.74) is 0.961. The minimum absolute atomic E-state index is 0.0125. The van der Waals surface area contributed by atoms with Crippen molar-refractivity contribution in [1.82, 2.24) is 4.90 Å². The van der Waals surface area contributed by atoms with Crippen LogP contribution in [0.2, 0.25) is 18.1 Å². The molecule has 0 spiro atoms. The van der Waals surface area contributed by atoms with Crippen molar-refractivity contribution in [2.24, 2.45) is 0 Å². The van der Waals surface area contributed by atoms with Crippen LogP contribution in [0, 0.1) is 0 Å². The van der Waals surface area contributed by atoms with Gasteiger partial charge in [-0.1, -0.05) is 65.0 Å². The van der Waals surface area contributed by atoms with Gasteiger partial charge in [0.1, 0.15) is 0 Å². The van der Waals surface area contributed by atoms with Gasteiger partial charge in [0, 0.05) is 0 Å². The van der Waals surface area contributed by atoms with Gasteiger partial charge in [0.2, 0.25) is 0 Å². The highest BCUT2D eigenvalue weighted by atomic mass is 28.4. The van der Waals surface area contributed by atoms with Crippen LogP contribution in [0.25, 0.3) is 0 Å². The van der Waals surface area contributed by atoms with Crippen molar-refractivity contribution in [3.8, 4) is 0 Å². The van der Waals surface area contributed by atoms with Crippen molar-refractivity contribution >= 4 is 8.32 Å². The van der Waals surface area contributed by atoms with Crippen LogP contribution < -0.4 is 0 Å². The maximum absolute atomic E-state index is 10.9. The number of likely N-dealkylation sites (N-methyl/N-ethyl adjacent to an activating group) is 1. The van der Waals surface area contributed by atoms with E-state index in [-0.39, 0.29) is 11.1 Å². The molecule has 1 aromatic rings. The van der Waals surface area contributed by atoms with Gasteiger partial charge >= 0.3 is 0 Å². The second-order valence-electron chi connectivity index (χ2n) is 7.72. The van der Waals surface area contributed by atoms with Crippen LogP contribution in [-0.4, -0.2) is 44.1 Å². The van der Waals surface area contributed by atoms with E-state index in [1.165, 1.54) is 0 Å². The third-order valence-electron chi connectivity index (χ3n) is 5.21. The Morgan fingerprint density at radius 1 is 1.09 bits per heavy atom. The molecule has 0 aromatic heterocycles. The number of nitrogens with zero attached hydrogens (tertiary/aromatic N) is 1. The number of benzene rings is 1. The maximum atomic E-state index is 10.9. The van der Waals surface area contributed by atoms with Gasteiger partial charge in [-0.15, -0.1) is 0 Å². The van der Waals surface area contributed by atoms with Crippen LogP contribution in [0.4, 0.5) is 0 Å². The fraction of sp³-hybridized carbons (Fsp3) is 0.684. The summed E-state index contributed by atoms with van der Waals surface area (Å²) in [4.78, 5) is 2.30. The highest BCUT2D eigenvalue weighted by Gasteiger charge is 2.38. The van der Waals surface area contributed by atoms with Crippen molar-refractivity contribution < 1.29 is 9.53 Å². The molecule has 1 rings (SSSR count). The Hall–Kier alpha value is -0.683. The average Bonchev–Trinajstić information content (AvgIpc) is 2.50. The summed E-state index contributed by atoms with van der Waals surface area (Å²) in [5.74, 6) is 0. The zero-order chi connectivity index (χ0) is 17.7. The van der Waals surface area contributed by atoms with Gasteiger partial charge in [-0.25, -0.2) is 0 Å². The van der Waals surface area contributed by atoms with E-state index >= 15 is 0 Å². The van der Waals surface area contributed by atoms with Gasteiger partial charge in [0.15, 0.2) is 8.32 Å². The number of aliphatic hydroxyl groups is 1. The minimum Gasteiger partial charge on any atom is -0.415 e.